The van der Waals surface area contributed by atoms with Crippen molar-refractivity contribution in [3.63, 3.8) is 0 Å². The van der Waals surface area contributed by atoms with Crippen LogP contribution in [0.2, 0.25) is 0 Å². The summed E-state index contributed by atoms with van der Waals surface area (Å²) in [6.45, 7) is 1.21. The van der Waals surface area contributed by atoms with E-state index in [1.165, 1.54) is 11.8 Å². The first kappa shape index (κ1) is 19.1. The van der Waals surface area contributed by atoms with Crippen molar-refractivity contribution in [3.05, 3.63) is 42.5 Å². The van der Waals surface area contributed by atoms with Gasteiger partial charge in [-0.25, -0.2) is 0 Å². The van der Waals surface area contributed by atoms with Crippen LogP contribution in [0.3, 0.4) is 0 Å². The third-order valence-corrected chi connectivity index (χ3v) is 4.92. The van der Waals surface area contributed by atoms with E-state index in [2.05, 4.69) is 15.5 Å². The molecule has 150 valence electrons. The monoisotopic (exact) mass is 413 g/mol. The Kier molecular flexibility index (Phi) is 5.85. The van der Waals surface area contributed by atoms with Crippen LogP contribution in [-0.4, -0.2) is 42.2 Å². The molecular weight excluding hydrogens is 394 g/mol. The predicted octanol–water partition coefficient (Wildman–Crippen LogP) is 3.64. The van der Waals surface area contributed by atoms with Gasteiger partial charge in [0.2, 0.25) is 11.8 Å². The molecule has 3 aromatic rings. The van der Waals surface area contributed by atoms with Crippen molar-refractivity contribution in [1.29, 1.82) is 0 Å². The average Bonchev–Trinajstić information content (AvgIpc) is 3.10. The lowest BCUT2D eigenvalue weighted by molar-refractivity contribution is -0.113. The van der Waals surface area contributed by atoms with Crippen molar-refractivity contribution in [2.24, 2.45) is 0 Å². The van der Waals surface area contributed by atoms with Gasteiger partial charge in [0.25, 0.3) is 5.22 Å². The maximum atomic E-state index is 12.3. The van der Waals surface area contributed by atoms with Gasteiger partial charge >= 0.3 is 0 Å². The van der Waals surface area contributed by atoms with E-state index in [9.17, 15) is 4.79 Å². The first-order chi connectivity index (χ1) is 14.2. The number of benzene rings is 2. The molecule has 1 aliphatic heterocycles. The van der Waals surface area contributed by atoms with Crippen LogP contribution in [0.15, 0.2) is 52.1 Å². The van der Waals surface area contributed by atoms with E-state index < -0.39 is 0 Å². The van der Waals surface area contributed by atoms with Crippen LogP contribution >= 0.6 is 11.8 Å². The van der Waals surface area contributed by atoms with E-state index in [0.29, 0.717) is 41.5 Å². The van der Waals surface area contributed by atoms with E-state index in [1.807, 2.05) is 24.3 Å². The smallest absolute Gasteiger partial charge is 0.277 e. The SMILES string of the molecule is COc1ccc(-c2nnc(SCC(=O)Nc3ccc4c(c3)OCCCO4)o2)cc1. The van der Waals surface area contributed by atoms with Crippen LogP contribution in [0, 0.1) is 0 Å². The molecule has 9 heteroatoms. The molecule has 0 saturated carbocycles. The fraction of sp³-hybridized carbons (Fsp3) is 0.250. The van der Waals surface area contributed by atoms with Gasteiger partial charge in [0.1, 0.15) is 5.75 Å². The van der Waals surface area contributed by atoms with Crippen molar-refractivity contribution in [2.75, 3.05) is 31.4 Å². The maximum Gasteiger partial charge on any atom is 0.277 e. The second-order valence-corrected chi connectivity index (χ2v) is 7.08. The zero-order valence-electron chi connectivity index (χ0n) is 15.7. The molecule has 0 radical (unpaired) electrons. The van der Waals surface area contributed by atoms with Crippen LogP contribution < -0.4 is 19.5 Å². The number of nitrogens with zero attached hydrogens (tertiary/aromatic N) is 2. The molecule has 0 fully saturated rings. The number of aromatic nitrogens is 2. The maximum absolute atomic E-state index is 12.3. The predicted molar refractivity (Wildman–Crippen MR) is 108 cm³/mol. The zero-order valence-corrected chi connectivity index (χ0v) is 16.5. The number of ether oxygens (including phenoxy) is 3. The molecule has 1 N–H and O–H groups in total. The molecule has 0 unspecified atom stereocenters. The molecule has 2 heterocycles. The van der Waals surface area contributed by atoms with E-state index in [4.69, 9.17) is 18.6 Å². The van der Waals surface area contributed by atoms with Crippen LogP contribution in [0.1, 0.15) is 6.42 Å². The summed E-state index contributed by atoms with van der Waals surface area (Å²) < 4.78 is 22.0. The molecule has 29 heavy (non-hydrogen) atoms. The van der Waals surface area contributed by atoms with Gasteiger partial charge < -0.3 is 23.9 Å². The summed E-state index contributed by atoms with van der Waals surface area (Å²) in [5, 5.41) is 11.2. The molecule has 1 aromatic heterocycles. The molecule has 0 atom stereocenters. The third-order valence-electron chi connectivity index (χ3n) is 4.10. The topological polar surface area (TPSA) is 95.7 Å². The Bertz CT molecular complexity index is 990. The average molecular weight is 413 g/mol. The van der Waals surface area contributed by atoms with E-state index >= 15 is 0 Å². The van der Waals surface area contributed by atoms with Gasteiger partial charge in [-0.15, -0.1) is 10.2 Å². The molecule has 0 saturated heterocycles. The summed E-state index contributed by atoms with van der Waals surface area (Å²) in [5.74, 6) is 2.40. The van der Waals surface area contributed by atoms with Gasteiger partial charge in [-0.3, -0.25) is 4.79 Å². The summed E-state index contributed by atoms with van der Waals surface area (Å²) in [6, 6.07) is 12.6. The molecule has 4 rings (SSSR count). The van der Waals surface area contributed by atoms with E-state index in [-0.39, 0.29) is 11.7 Å². The van der Waals surface area contributed by atoms with Crippen LogP contribution in [0.4, 0.5) is 5.69 Å². The number of anilines is 1. The van der Waals surface area contributed by atoms with Crippen LogP contribution in [0.5, 0.6) is 17.2 Å². The Morgan fingerprint density at radius 1 is 1.10 bits per heavy atom. The lowest BCUT2D eigenvalue weighted by atomic mass is 10.2. The van der Waals surface area contributed by atoms with E-state index in [0.717, 1.165) is 17.7 Å². The number of carbonyl (C=O) groups is 1. The van der Waals surface area contributed by atoms with Crippen molar-refractivity contribution in [3.8, 4) is 28.7 Å². The molecular formula is C20H19N3O5S. The largest absolute Gasteiger partial charge is 0.497 e. The third kappa shape index (κ3) is 4.80. The molecule has 1 amide bonds. The highest BCUT2D eigenvalue weighted by Gasteiger charge is 2.14. The number of rotatable bonds is 6. The lowest BCUT2D eigenvalue weighted by Gasteiger charge is -2.10. The van der Waals surface area contributed by atoms with Gasteiger partial charge in [0.05, 0.1) is 26.1 Å². The summed E-state index contributed by atoms with van der Waals surface area (Å²) in [4.78, 5) is 12.3. The summed E-state index contributed by atoms with van der Waals surface area (Å²) >= 11 is 1.17. The van der Waals surface area contributed by atoms with Gasteiger partial charge in [-0.1, -0.05) is 11.8 Å². The number of thioether (sulfide) groups is 1. The highest BCUT2D eigenvalue weighted by Crippen LogP contribution is 2.32. The Morgan fingerprint density at radius 2 is 1.90 bits per heavy atom. The van der Waals surface area contributed by atoms with Crippen molar-refractivity contribution < 1.29 is 23.4 Å². The minimum absolute atomic E-state index is 0.138. The minimum atomic E-state index is -0.186. The Balaban J connectivity index is 1.33. The van der Waals surface area contributed by atoms with Gasteiger partial charge in [-0.05, 0) is 36.4 Å². The Morgan fingerprint density at radius 3 is 2.69 bits per heavy atom. The quantitative estimate of drug-likeness (QED) is 0.612. The van der Waals surface area contributed by atoms with Gasteiger partial charge in [0.15, 0.2) is 11.5 Å². The number of hydrogen-bond donors (Lipinski definition) is 1. The van der Waals surface area contributed by atoms with Crippen molar-refractivity contribution in [2.45, 2.75) is 11.6 Å². The lowest BCUT2D eigenvalue weighted by Crippen LogP contribution is -2.14. The number of fused-ring (bicyclic) bond motifs is 1. The number of methoxy groups -OCH3 is 1. The Hall–Kier alpha value is -3.20. The standard InChI is InChI=1S/C20H19N3O5S/c1-25-15-6-3-13(4-7-15)19-22-23-20(28-19)29-12-18(24)21-14-5-8-16-17(11-14)27-10-2-9-26-16/h3-8,11H,2,9-10,12H2,1H3,(H,21,24). The number of nitrogens with one attached hydrogen (secondary N) is 1. The van der Waals surface area contributed by atoms with Gasteiger partial charge in [0, 0.05) is 23.7 Å². The first-order valence-corrected chi connectivity index (χ1v) is 10.00. The number of amides is 1. The molecule has 8 nitrogen and oxygen atoms in total. The molecule has 0 spiro atoms. The normalized spacial score (nSPS) is 12.9. The summed E-state index contributed by atoms with van der Waals surface area (Å²) in [5.41, 5.74) is 1.42. The highest BCUT2D eigenvalue weighted by molar-refractivity contribution is 7.99. The van der Waals surface area contributed by atoms with Crippen LogP contribution in [-0.2, 0) is 4.79 Å². The van der Waals surface area contributed by atoms with Crippen molar-refractivity contribution in [1.82, 2.24) is 10.2 Å². The molecule has 2 aromatic carbocycles. The van der Waals surface area contributed by atoms with Gasteiger partial charge in [-0.2, -0.15) is 0 Å². The van der Waals surface area contributed by atoms with E-state index in [1.54, 1.807) is 25.3 Å². The molecule has 0 bridgehead atoms. The zero-order chi connectivity index (χ0) is 20.1. The Labute approximate surface area is 171 Å². The fourth-order valence-corrected chi connectivity index (χ4v) is 3.25. The van der Waals surface area contributed by atoms with Crippen molar-refractivity contribution >= 4 is 23.4 Å². The summed E-state index contributed by atoms with van der Waals surface area (Å²) in [6.07, 6.45) is 0.829. The first-order valence-electron chi connectivity index (χ1n) is 9.01. The molecule has 0 aliphatic carbocycles. The minimum Gasteiger partial charge on any atom is -0.497 e. The number of hydrogen-bond acceptors (Lipinski definition) is 8. The number of carbonyl (C=O) groups excluding carboxylic acids is 1. The summed E-state index contributed by atoms with van der Waals surface area (Å²) in [7, 11) is 1.61. The fourth-order valence-electron chi connectivity index (χ4n) is 2.68. The second-order valence-electron chi connectivity index (χ2n) is 6.15. The van der Waals surface area contributed by atoms with Crippen LogP contribution in [0.25, 0.3) is 11.5 Å². The molecule has 1 aliphatic rings. The second kappa shape index (κ2) is 8.87. The highest BCUT2D eigenvalue weighted by atomic mass is 32.2.